The van der Waals surface area contributed by atoms with Crippen LogP contribution in [0.1, 0.15) is 22.8 Å². The van der Waals surface area contributed by atoms with Crippen molar-refractivity contribution in [3.05, 3.63) is 33.4 Å². The standard InChI is InChI=1S/C10H13N3O4/c1-2-12-9-4-6(13(16)17)3-7(10(11)15)8(9)5-14/h3-4,12,14H,2,5H2,1H3,(H2,11,15). The van der Waals surface area contributed by atoms with Gasteiger partial charge >= 0.3 is 0 Å². The molecule has 0 heterocycles. The van der Waals surface area contributed by atoms with E-state index in [1.165, 1.54) is 6.07 Å². The normalized spacial score (nSPS) is 10.0. The van der Waals surface area contributed by atoms with Gasteiger partial charge in [-0.2, -0.15) is 0 Å². The number of nitro benzene ring substituents is 1. The van der Waals surface area contributed by atoms with Crippen LogP contribution in [-0.2, 0) is 6.61 Å². The zero-order valence-corrected chi connectivity index (χ0v) is 9.27. The van der Waals surface area contributed by atoms with Crippen LogP contribution >= 0.6 is 0 Å². The second-order valence-electron chi connectivity index (χ2n) is 3.33. The average Bonchev–Trinajstić information content (AvgIpc) is 2.28. The summed E-state index contributed by atoms with van der Waals surface area (Å²) in [6.07, 6.45) is 0. The van der Waals surface area contributed by atoms with E-state index in [2.05, 4.69) is 5.32 Å². The molecule has 0 radical (unpaired) electrons. The van der Waals surface area contributed by atoms with Gasteiger partial charge in [0.15, 0.2) is 0 Å². The van der Waals surface area contributed by atoms with Crippen molar-refractivity contribution in [3.8, 4) is 0 Å². The van der Waals surface area contributed by atoms with Gasteiger partial charge in [-0.3, -0.25) is 14.9 Å². The Labute approximate surface area is 97.4 Å². The van der Waals surface area contributed by atoms with Crippen LogP contribution in [0.5, 0.6) is 0 Å². The number of carbonyl (C=O) groups excluding carboxylic acids is 1. The molecule has 17 heavy (non-hydrogen) atoms. The number of primary amides is 1. The quantitative estimate of drug-likeness (QED) is 0.514. The second kappa shape index (κ2) is 5.26. The molecule has 7 heteroatoms. The van der Waals surface area contributed by atoms with Gasteiger partial charge in [-0.15, -0.1) is 0 Å². The average molecular weight is 239 g/mol. The molecule has 0 aliphatic rings. The van der Waals surface area contributed by atoms with E-state index in [1.54, 1.807) is 6.92 Å². The molecule has 7 nitrogen and oxygen atoms in total. The number of rotatable bonds is 5. The number of hydrogen-bond donors (Lipinski definition) is 3. The molecule has 0 fully saturated rings. The zero-order valence-electron chi connectivity index (χ0n) is 9.27. The van der Waals surface area contributed by atoms with Gasteiger partial charge in [0.1, 0.15) is 0 Å². The van der Waals surface area contributed by atoms with E-state index in [0.29, 0.717) is 12.2 Å². The lowest BCUT2D eigenvalue weighted by molar-refractivity contribution is -0.384. The van der Waals surface area contributed by atoms with Crippen molar-refractivity contribution < 1.29 is 14.8 Å². The number of nitrogens with two attached hydrogens (primary N) is 1. The Morgan fingerprint density at radius 1 is 1.59 bits per heavy atom. The van der Waals surface area contributed by atoms with Crippen LogP contribution < -0.4 is 11.1 Å². The number of benzene rings is 1. The zero-order chi connectivity index (χ0) is 13.0. The monoisotopic (exact) mass is 239 g/mol. The summed E-state index contributed by atoms with van der Waals surface area (Å²) in [5.74, 6) is -0.808. The first-order chi connectivity index (χ1) is 8.01. The second-order valence-corrected chi connectivity index (χ2v) is 3.33. The molecule has 1 aromatic carbocycles. The number of nitro groups is 1. The molecule has 0 spiro atoms. The third-order valence-corrected chi connectivity index (χ3v) is 2.24. The van der Waals surface area contributed by atoms with Crippen LogP contribution in [0.4, 0.5) is 11.4 Å². The minimum atomic E-state index is -0.808. The molecule has 0 unspecified atom stereocenters. The van der Waals surface area contributed by atoms with E-state index in [-0.39, 0.29) is 16.8 Å². The van der Waals surface area contributed by atoms with E-state index in [4.69, 9.17) is 5.73 Å². The predicted molar refractivity (Wildman–Crippen MR) is 61.7 cm³/mol. The largest absolute Gasteiger partial charge is 0.392 e. The van der Waals surface area contributed by atoms with Gasteiger partial charge < -0.3 is 16.2 Å². The lowest BCUT2D eigenvalue weighted by atomic mass is 10.0. The van der Waals surface area contributed by atoms with Gasteiger partial charge in [0.25, 0.3) is 5.69 Å². The number of hydrogen-bond acceptors (Lipinski definition) is 5. The Hall–Kier alpha value is -2.15. The van der Waals surface area contributed by atoms with Gasteiger partial charge in [-0.1, -0.05) is 0 Å². The molecule has 4 N–H and O–H groups in total. The first kappa shape index (κ1) is 12.9. The molecule has 92 valence electrons. The van der Waals surface area contributed by atoms with E-state index in [9.17, 15) is 20.0 Å². The van der Waals surface area contributed by atoms with Gasteiger partial charge in [0, 0.05) is 29.9 Å². The number of nitrogens with zero attached hydrogens (tertiary/aromatic N) is 1. The van der Waals surface area contributed by atoms with Gasteiger partial charge in [0.2, 0.25) is 5.91 Å². The highest BCUT2D eigenvalue weighted by Crippen LogP contribution is 2.26. The number of carbonyl (C=O) groups is 1. The molecule has 0 aromatic heterocycles. The Bertz CT molecular complexity index is 459. The minimum absolute atomic E-state index is 0.0438. The SMILES string of the molecule is CCNc1cc([N+](=O)[O-])cc(C(N)=O)c1CO. The van der Waals surface area contributed by atoms with Crippen molar-refractivity contribution in [2.24, 2.45) is 5.73 Å². The maximum Gasteiger partial charge on any atom is 0.272 e. The van der Waals surface area contributed by atoms with Crippen molar-refractivity contribution >= 4 is 17.3 Å². The lowest BCUT2D eigenvalue weighted by Gasteiger charge is -2.11. The van der Waals surface area contributed by atoms with Crippen LogP contribution in [0.3, 0.4) is 0 Å². The fourth-order valence-electron chi connectivity index (χ4n) is 1.50. The highest BCUT2D eigenvalue weighted by molar-refractivity contribution is 5.96. The van der Waals surface area contributed by atoms with Crippen LogP contribution in [0.25, 0.3) is 0 Å². The summed E-state index contributed by atoms with van der Waals surface area (Å²) in [5.41, 5.74) is 5.45. The molecule has 0 saturated carbocycles. The Balaban J connectivity index is 3.45. The number of nitrogens with one attached hydrogen (secondary N) is 1. The Kier molecular flexibility index (Phi) is 4.00. The lowest BCUT2D eigenvalue weighted by Crippen LogP contribution is -2.16. The van der Waals surface area contributed by atoms with Crippen molar-refractivity contribution in [1.29, 1.82) is 0 Å². The molecule has 0 bridgehead atoms. The Morgan fingerprint density at radius 3 is 2.65 bits per heavy atom. The summed E-state index contributed by atoms with van der Waals surface area (Å²) < 4.78 is 0. The molecular weight excluding hydrogens is 226 g/mol. The summed E-state index contributed by atoms with van der Waals surface area (Å²) in [7, 11) is 0. The number of anilines is 1. The molecule has 0 aliphatic carbocycles. The summed E-state index contributed by atoms with van der Waals surface area (Å²) in [6.45, 7) is 1.88. The van der Waals surface area contributed by atoms with E-state index < -0.39 is 17.4 Å². The summed E-state index contributed by atoms with van der Waals surface area (Å²) >= 11 is 0. The van der Waals surface area contributed by atoms with Gasteiger partial charge in [-0.05, 0) is 6.92 Å². The van der Waals surface area contributed by atoms with E-state index >= 15 is 0 Å². The third-order valence-electron chi connectivity index (χ3n) is 2.24. The highest BCUT2D eigenvalue weighted by Gasteiger charge is 2.18. The molecule has 1 aromatic rings. The summed E-state index contributed by atoms with van der Waals surface area (Å²) in [4.78, 5) is 21.3. The van der Waals surface area contributed by atoms with E-state index in [1.807, 2.05) is 0 Å². The maximum absolute atomic E-state index is 11.2. The number of aliphatic hydroxyl groups excluding tert-OH is 1. The highest BCUT2D eigenvalue weighted by atomic mass is 16.6. The van der Waals surface area contributed by atoms with Crippen molar-refractivity contribution in [1.82, 2.24) is 0 Å². The van der Waals surface area contributed by atoms with Gasteiger partial charge in [0.05, 0.1) is 17.1 Å². The maximum atomic E-state index is 11.2. The predicted octanol–water partition coefficient (Wildman–Crippen LogP) is 0.618. The van der Waals surface area contributed by atoms with Crippen LogP contribution in [0.15, 0.2) is 12.1 Å². The number of aliphatic hydroxyl groups is 1. The fourth-order valence-corrected chi connectivity index (χ4v) is 1.50. The molecule has 1 rings (SSSR count). The minimum Gasteiger partial charge on any atom is -0.392 e. The van der Waals surface area contributed by atoms with Crippen LogP contribution in [0, 0.1) is 10.1 Å². The molecule has 1 amide bonds. The summed E-state index contributed by atoms with van der Waals surface area (Å²) in [6, 6.07) is 2.33. The van der Waals surface area contributed by atoms with Crippen LogP contribution in [0.2, 0.25) is 0 Å². The Morgan fingerprint density at radius 2 is 2.24 bits per heavy atom. The smallest absolute Gasteiger partial charge is 0.272 e. The van der Waals surface area contributed by atoms with Crippen molar-refractivity contribution in [2.45, 2.75) is 13.5 Å². The number of amides is 1. The molecular formula is C10H13N3O4. The number of non-ortho nitro benzene ring substituents is 1. The van der Waals surface area contributed by atoms with Crippen molar-refractivity contribution in [3.63, 3.8) is 0 Å². The topological polar surface area (TPSA) is 118 Å². The first-order valence-electron chi connectivity index (χ1n) is 4.97. The molecule has 0 aliphatic heterocycles. The molecule has 0 saturated heterocycles. The van der Waals surface area contributed by atoms with E-state index in [0.717, 1.165) is 6.07 Å². The summed E-state index contributed by atoms with van der Waals surface area (Å²) in [5, 5.41) is 22.7. The van der Waals surface area contributed by atoms with Crippen LogP contribution in [-0.4, -0.2) is 22.5 Å². The van der Waals surface area contributed by atoms with Crippen molar-refractivity contribution in [2.75, 3.05) is 11.9 Å². The first-order valence-corrected chi connectivity index (χ1v) is 4.97. The third kappa shape index (κ3) is 2.70. The fraction of sp³-hybridized carbons (Fsp3) is 0.300. The van der Waals surface area contributed by atoms with Gasteiger partial charge in [-0.25, -0.2) is 0 Å². The molecule has 0 atom stereocenters.